The van der Waals surface area contributed by atoms with Crippen LogP contribution in [0.2, 0.25) is 0 Å². The lowest BCUT2D eigenvalue weighted by Crippen LogP contribution is -2.29. The molecule has 0 fully saturated rings. The van der Waals surface area contributed by atoms with Crippen molar-refractivity contribution in [3.63, 3.8) is 0 Å². The maximum absolute atomic E-state index is 9.36. The number of rotatable bonds is 5. The number of anilines is 2. The Morgan fingerprint density at radius 2 is 1.42 bits per heavy atom. The highest BCUT2D eigenvalue weighted by molar-refractivity contribution is 5.68. The van der Waals surface area contributed by atoms with Gasteiger partial charge in [0.05, 0.1) is 22.6 Å². The van der Waals surface area contributed by atoms with Crippen molar-refractivity contribution in [2.24, 2.45) is 10.3 Å². The van der Waals surface area contributed by atoms with Gasteiger partial charge in [0.1, 0.15) is 6.07 Å². The molecule has 0 unspecified atom stereocenters. The number of hydrogen-bond acceptors (Lipinski definition) is 4. The Morgan fingerprint density at radius 1 is 0.792 bits per heavy atom. The third-order valence-electron chi connectivity index (χ3n) is 3.35. The fourth-order valence-electron chi connectivity index (χ4n) is 2.21. The van der Waals surface area contributed by atoms with E-state index in [2.05, 4.69) is 21.9 Å². The second kappa shape index (κ2) is 7.56. The van der Waals surface area contributed by atoms with Crippen LogP contribution in [0, 0.1) is 11.3 Å². The zero-order valence-corrected chi connectivity index (χ0v) is 12.9. The summed E-state index contributed by atoms with van der Waals surface area (Å²) in [4.78, 5) is 0. The monoisotopic (exact) mass is 313 g/mol. The van der Waals surface area contributed by atoms with Gasteiger partial charge in [-0.1, -0.05) is 53.8 Å². The van der Waals surface area contributed by atoms with Crippen molar-refractivity contribution < 1.29 is 0 Å². The van der Waals surface area contributed by atoms with Gasteiger partial charge in [-0.25, -0.2) is 5.01 Å². The molecule has 5 heteroatoms. The van der Waals surface area contributed by atoms with Crippen molar-refractivity contribution in [2.45, 2.75) is 0 Å². The minimum atomic E-state index is 0.545. The van der Waals surface area contributed by atoms with Crippen LogP contribution in [0.3, 0.4) is 0 Å². The topological polar surface area (TPSA) is 63.8 Å². The Morgan fingerprint density at radius 3 is 2.12 bits per heavy atom. The number of hydrazine groups is 1. The predicted molar refractivity (Wildman–Crippen MR) is 93.8 cm³/mol. The molecule has 0 aliphatic rings. The molecule has 5 nitrogen and oxygen atoms in total. The first kappa shape index (κ1) is 15.3. The summed E-state index contributed by atoms with van der Waals surface area (Å²) in [5.74, 6) is 0. The van der Waals surface area contributed by atoms with Gasteiger partial charge in [-0.3, -0.25) is 0 Å². The highest BCUT2D eigenvalue weighted by atomic mass is 15.7. The molecule has 0 amide bonds. The number of hydrogen-bond donors (Lipinski definition) is 1. The van der Waals surface area contributed by atoms with E-state index in [1.807, 2.05) is 78.9 Å². The molecule has 0 aliphatic heterocycles. The third-order valence-corrected chi connectivity index (χ3v) is 3.35. The molecule has 3 aromatic carbocycles. The standard InChI is InChI=1S/C19H15N5/c20-15-16-9-7-8-14-19(16)24(18-12-5-2-6-13-18)23-22-21-17-10-3-1-4-11-17/h1-14H,(H,21,23). The molecule has 24 heavy (non-hydrogen) atoms. The Hall–Kier alpha value is -3.65. The van der Waals surface area contributed by atoms with Crippen LogP contribution in [0.5, 0.6) is 0 Å². The van der Waals surface area contributed by atoms with Crippen LogP contribution in [0.4, 0.5) is 17.1 Å². The number of benzene rings is 3. The fourth-order valence-corrected chi connectivity index (χ4v) is 2.21. The first-order valence-electron chi connectivity index (χ1n) is 7.44. The fraction of sp³-hybridized carbons (Fsp3) is 0. The van der Waals surface area contributed by atoms with Crippen LogP contribution in [0.15, 0.2) is 95.3 Å². The van der Waals surface area contributed by atoms with Crippen LogP contribution < -0.4 is 10.5 Å². The van der Waals surface area contributed by atoms with Gasteiger partial charge in [-0.15, -0.1) is 5.11 Å². The smallest absolute Gasteiger partial charge is 0.101 e. The summed E-state index contributed by atoms with van der Waals surface area (Å²) in [6.07, 6.45) is 0. The van der Waals surface area contributed by atoms with Crippen LogP contribution in [-0.4, -0.2) is 0 Å². The highest BCUT2D eigenvalue weighted by Gasteiger charge is 2.12. The molecule has 0 aliphatic carbocycles. The summed E-state index contributed by atoms with van der Waals surface area (Å²) in [5, 5.41) is 19.3. The van der Waals surface area contributed by atoms with E-state index in [9.17, 15) is 5.26 Å². The van der Waals surface area contributed by atoms with E-state index in [0.29, 0.717) is 11.3 Å². The Balaban J connectivity index is 1.92. The van der Waals surface area contributed by atoms with Crippen molar-refractivity contribution in [3.05, 3.63) is 90.5 Å². The highest BCUT2D eigenvalue weighted by Crippen LogP contribution is 2.26. The van der Waals surface area contributed by atoms with Crippen LogP contribution in [0.25, 0.3) is 0 Å². The second-order valence-electron chi connectivity index (χ2n) is 4.94. The molecule has 3 rings (SSSR count). The molecule has 0 heterocycles. The maximum Gasteiger partial charge on any atom is 0.101 e. The third kappa shape index (κ3) is 3.57. The van der Waals surface area contributed by atoms with Crippen molar-refractivity contribution in [3.8, 4) is 6.07 Å². The van der Waals surface area contributed by atoms with E-state index in [-0.39, 0.29) is 0 Å². The normalized spacial score (nSPS) is 10.3. The number of nitrogens with one attached hydrogen (secondary N) is 1. The van der Waals surface area contributed by atoms with Gasteiger partial charge in [0.25, 0.3) is 0 Å². The predicted octanol–water partition coefficient (Wildman–Crippen LogP) is 4.90. The van der Waals surface area contributed by atoms with Crippen molar-refractivity contribution in [1.29, 1.82) is 5.26 Å². The van der Waals surface area contributed by atoms with Crippen molar-refractivity contribution in [2.75, 3.05) is 5.01 Å². The van der Waals surface area contributed by atoms with Crippen LogP contribution >= 0.6 is 0 Å². The SMILES string of the molecule is N#Cc1ccccc1N(NN=Nc1ccccc1)c1ccccc1. The van der Waals surface area contributed by atoms with E-state index < -0.39 is 0 Å². The largest absolute Gasteiger partial charge is 0.238 e. The Bertz CT molecular complexity index is 854. The first-order chi connectivity index (χ1) is 11.9. The minimum Gasteiger partial charge on any atom is -0.238 e. The lowest BCUT2D eigenvalue weighted by atomic mass is 10.2. The zero-order valence-electron chi connectivity index (χ0n) is 12.9. The van der Waals surface area contributed by atoms with E-state index >= 15 is 0 Å². The van der Waals surface area contributed by atoms with Crippen molar-refractivity contribution >= 4 is 17.1 Å². The molecule has 0 saturated heterocycles. The molecule has 0 radical (unpaired) electrons. The summed E-state index contributed by atoms with van der Waals surface area (Å²) in [5.41, 5.74) is 5.76. The summed E-state index contributed by atoms with van der Waals surface area (Å²) in [7, 11) is 0. The van der Waals surface area contributed by atoms with Gasteiger partial charge >= 0.3 is 0 Å². The Labute approximate surface area is 140 Å². The minimum absolute atomic E-state index is 0.545. The maximum atomic E-state index is 9.36. The van der Waals surface area contributed by atoms with E-state index in [0.717, 1.165) is 11.4 Å². The Kier molecular flexibility index (Phi) is 4.81. The van der Waals surface area contributed by atoms with Gasteiger partial charge in [-0.05, 0) is 36.4 Å². The number of nitriles is 1. The quantitative estimate of drug-likeness (QED) is 0.538. The molecule has 0 spiro atoms. The molecule has 0 saturated carbocycles. The molecule has 1 N–H and O–H groups in total. The lowest BCUT2D eigenvalue weighted by molar-refractivity contribution is 0.712. The first-order valence-corrected chi connectivity index (χ1v) is 7.44. The van der Waals surface area contributed by atoms with E-state index in [1.165, 1.54) is 0 Å². The molecule has 0 aromatic heterocycles. The molecular weight excluding hydrogens is 298 g/mol. The second-order valence-corrected chi connectivity index (χ2v) is 4.94. The molecule has 0 bridgehead atoms. The van der Waals surface area contributed by atoms with E-state index in [4.69, 9.17) is 0 Å². The molecule has 3 aromatic rings. The van der Waals surface area contributed by atoms with Gasteiger partial charge in [-0.2, -0.15) is 10.8 Å². The van der Waals surface area contributed by atoms with Crippen LogP contribution in [0.1, 0.15) is 5.56 Å². The molecular formula is C19H15N5. The molecule has 116 valence electrons. The zero-order chi connectivity index (χ0) is 16.6. The summed E-state index contributed by atoms with van der Waals surface area (Å²) >= 11 is 0. The summed E-state index contributed by atoms with van der Waals surface area (Å²) in [6.45, 7) is 0. The summed E-state index contributed by atoms with van der Waals surface area (Å²) in [6, 6.07) is 28.6. The average Bonchev–Trinajstić information content (AvgIpc) is 2.67. The van der Waals surface area contributed by atoms with Gasteiger partial charge < -0.3 is 0 Å². The number of para-hydroxylation sites is 2. The van der Waals surface area contributed by atoms with Crippen molar-refractivity contribution in [1.82, 2.24) is 5.53 Å². The van der Waals surface area contributed by atoms with Gasteiger partial charge in [0, 0.05) is 0 Å². The van der Waals surface area contributed by atoms with Crippen LogP contribution in [-0.2, 0) is 0 Å². The summed E-state index contributed by atoms with van der Waals surface area (Å²) < 4.78 is 0. The van der Waals surface area contributed by atoms with Gasteiger partial charge in [0.15, 0.2) is 0 Å². The van der Waals surface area contributed by atoms with E-state index in [1.54, 1.807) is 11.1 Å². The molecule has 0 atom stereocenters. The lowest BCUT2D eigenvalue weighted by Gasteiger charge is -2.23. The average molecular weight is 313 g/mol. The van der Waals surface area contributed by atoms with Gasteiger partial charge in [0.2, 0.25) is 0 Å². The number of nitrogens with zero attached hydrogens (tertiary/aromatic N) is 4.